The number of hydrogen-bond donors (Lipinski definition) is 2. The summed E-state index contributed by atoms with van der Waals surface area (Å²) in [6, 6.07) is 0.555. The molecular formula is C18H32N6O. The maximum absolute atomic E-state index is 5.81. The van der Waals surface area contributed by atoms with E-state index in [1.165, 1.54) is 38.5 Å². The van der Waals surface area contributed by atoms with Gasteiger partial charge in [-0.1, -0.05) is 19.8 Å². The zero-order chi connectivity index (χ0) is 17.3. The largest absolute Gasteiger partial charge is 0.376 e. The van der Waals surface area contributed by atoms with Crippen molar-refractivity contribution >= 4 is 5.96 Å². The van der Waals surface area contributed by atoms with Gasteiger partial charge in [0.15, 0.2) is 5.96 Å². The minimum absolute atomic E-state index is 0.278. The van der Waals surface area contributed by atoms with Crippen LogP contribution in [0.4, 0.5) is 0 Å². The lowest BCUT2D eigenvalue weighted by Gasteiger charge is -2.22. The lowest BCUT2D eigenvalue weighted by atomic mass is 10.1. The maximum atomic E-state index is 5.81. The lowest BCUT2D eigenvalue weighted by molar-refractivity contribution is 0.0224. The summed E-state index contributed by atoms with van der Waals surface area (Å²) in [4.78, 5) is 4.80. The molecule has 1 aliphatic carbocycles. The Kier molecular flexibility index (Phi) is 7.09. The average Bonchev–Trinajstić information content (AvgIpc) is 3.32. The molecule has 1 atom stereocenters. The fourth-order valence-electron chi connectivity index (χ4n) is 3.59. The molecule has 0 bridgehead atoms. The molecule has 1 aromatic rings. The van der Waals surface area contributed by atoms with E-state index in [2.05, 4.69) is 32.3 Å². The number of nitrogens with one attached hydrogen (secondary N) is 2. The normalized spacial score (nSPS) is 22.3. The summed E-state index contributed by atoms with van der Waals surface area (Å²) in [7, 11) is 0. The first-order valence-electron chi connectivity index (χ1n) is 9.88. The predicted molar refractivity (Wildman–Crippen MR) is 98.7 cm³/mol. The Labute approximate surface area is 150 Å². The third-order valence-electron chi connectivity index (χ3n) is 5.08. The van der Waals surface area contributed by atoms with Gasteiger partial charge in [0.1, 0.15) is 12.2 Å². The van der Waals surface area contributed by atoms with Crippen LogP contribution in [0.2, 0.25) is 0 Å². The number of aryl methyl sites for hydroxylation is 1. The van der Waals surface area contributed by atoms with Crippen molar-refractivity contribution in [2.75, 3.05) is 19.7 Å². The van der Waals surface area contributed by atoms with Gasteiger partial charge in [0, 0.05) is 32.2 Å². The molecule has 1 saturated heterocycles. The van der Waals surface area contributed by atoms with Crippen LogP contribution in [-0.4, -0.2) is 52.6 Å². The van der Waals surface area contributed by atoms with E-state index in [9.17, 15) is 0 Å². The molecule has 2 heterocycles. The first-order chi connectivity index (χ1) is 12.3. The molecule has 1 aromatic heterocycles. The van der Waals surface area contributed by atoms with Crippen LogP contribution in [-0.2, 0) is 17.7 Å². The summed E-state index contributed by atoms with van der Waals surface area (Å²) >= 11 is 0. The number of ether oxygens (including phenoxy) is 1. The Bertz CT molecular complexity index is 531. The van der Waals surface area contributed by atoms with Crippen molar-refractivity contribution < 1.29 is 4.74 Å². The number of aromatic nitrogens is 3. The monoisotopic (exact) mass is 348 g/mol. The molecule has 0 amide bonds. The van der Waals surface area contributed by atoms with E-state index in [-0.39, 0.29) is 6.10 Å². The van der Waals surface area contributed by atoms with Gasteiger partial charge < -0.3 is 19.9 Å². The summed E-state index contributed by atoms with van der Waals surface area (Å²) in [6.07, 6.45) is 11.7. The number of nitrogens with zero attached hydrogens (tertiary/aromatic N) is 4. The first kappa shape index (κ1) is 18.2. The minimum Gasteiger partial charge on any atom is -0.376 e. The first-order valence-corrected chi connectivity index (χ1v) is 9.88. The van der Waals surface area contributed by atoms with E-state index in [0.717, 1.165) is 50.9 Å². The van der Waals surface area contributed by atoms with Crippen LogP contribution in [0.25, 0.3) is 0 Å². The molecule has 7 nitrogen and oxygen atoms in total. The van der Waals surface area contributed by atoms with Crippen molar-refractivity contribution in [3.05, 3.63) is 12.2 Å². The second kappa shape index (κ2) is 9.75. The summed E-state index contributed by atoms with van der Waals surface area (Å²) in [5.74, 6) is 1.95. The van der Waals surface area contributed by atoms with Crippen LogP contribution < -0.4 is 10.6 Å². The van der Waals surface area contributed by atoms with Crippen molar-refractivity contribution in [1.82, 2.24) is 25.4 Å². The van der Waals surface area contributed by atoms with Crippen molar-refractivity contribution in [3.8, 4) is 0 Å². The Balaban J connectivity index is 1.51. The van der Waals surface area contributed by atoms with Crippen molar-refractivity contribution in [2.45, 2.75) is 77.0 Å². The predicted octanol–water partition coefficient (Wildman–Crippen LogP) is 1.89. The number of guanidine groups is 1. The Morgan fingerprint density at radius 2 is 2.12 bits per heavy atom. The average molecular weight is 348 g/mol. The van der Waals surface area contributed by atoms with E-state index >= 15 is 0 Å². The molecule has 0 aromatic carbocycles. The Hall–Kier alpha value is -1.63. The second-order valence-electron chi connectivity index (χ2n) is 7.02. The fourth-order valence-corrected chi connectivity index (χ4v) is 3.59. The third-order valence-corrected chi connectivity index (χ3v) is 5.08. The molecule has 0 radical (unpaired) electrons. The van der Waals surface area contributed by atoms with E-state index in [1.807, 2.05) is 0 Å². The SMILES string of the molecule is CCc1nncn1CCNC(=NCC1CCCCO1)NC1CCCC1. The summed E-state index contributed by atoms with van der Waals surface area (Å²) < 4.78 is 7.91. The maximum Gasteiger partial charge on any atom is 0.191 e. The van der Waals surface area contributed by atoms with Crippen LogP contribution in [0.1, 0.15) is 57.7 Å². The van der Waals surface area contributed by atoms with Crippen LogP contribution in [0.15, 0.2) is 11.3 Å². The molecule has 140 valence electrons. The molecule has 1 aliphatic heterocycles. The summed E-state index contributed by atoms with van der Waals surface area (Å²) in [6.45, 7) is 5.39. The molecular weight excluding hydrogens is 316 g/mol. The molecule has 3 rings (SSSR count). The van der Waals surface area contributed by atoms with Gasteiger partial charge in [-0.2, -0.15) is 0 Å². The molecule has 0 spiro atoms. The molecule has 2 N–H and O–H groups in total. The zero-order valence-electron chi connectivity index (χ0n) is 15.4. The van der Waals surface area contributed by atoms with Crippen LogP contribution >= 0.6 is 0 Å². The van der Waals surface area contributed by atoms with Crippen LogP contribution in [0.5, 0.6) is 0 Å². The van der Waals surface area contributed by atoms with Crippen molar-refractivity contribution in [3.63, 3.8) is 0 Å². The number of rotatable bonds is 7. The summed E-state index contributed by atoms with van der Waals surface area (Å²) in [5.41, 5.74) is 0. The molecule has 25 heavy (non-hydrogen) atoms. The van der Waals surface area contributed by atoms with Gasteiger partial charge >= 0.3 is 0 Å². The van der Waals surface area contributed by atoms with Gasteiger partial charge in [-0.15, -0.1) is 10.2 Å². The number of hydrogen-bond acceptors (Lipinski definition) is 4. The molecule has 1 saturated carbocycles. The quantitative estimate of drug-likeness (QED) is 0.581. The highest BCUT2D eigenvalue weighted by atomic mass is 16.5. The van der Waals surface area contributed by atoms with Gasteiger partial charge in [-0.3, -0.25) is 4.99 Å². The van der Waals surface area contributed by atoms with E-state index in [4.69, 9.17) is 9.73 Å². The van der Waals surface area contributed by atoms with Gasteiger partial charge in [0.25, 0.3) is 0 Å². The van der Waals surface area contributed by atoms with Gasteiger partial charge in [-0.05, 0) is 32.1 Å². The summed E-state index contributed by atoms with van der Waals surface area (Å²) in [5, 5.41) is 15.2. The Morgan fingerprint density at radius 3 is 2.88 bits per heavy atom. The van der Waals surface area contributed by atoms with Crippen molar-refractivity contribution in [1.29, 1.82) is 0 Å². The highest BCUT2D eigenvalue weighted by Gasteiger charge is 2.17. The van der Waals surface area contributed by atoms with Gasteiger partial charge in [-0.25, -0.2) is 0 Å². The highest BCUT2D eigenvalue weighted by Crippen LogP contribution is 2.17. The molecule has 1 unspecified atom stereocenters. The number of aliphatic imine (C=N–C) groups is 1. The highest BCUT2D eigenvalue weighted by molar-refractivity contribution is 5.80. The second-order valence-corrected chi connectivity index (χ2v) is 7.02. The van der Waals surface area contributed by atoms with E-state index < -0.39 is 0 Å². The lowest BCUT2D eigenvalue weighted by Crippen LogP contribution is -2.44. The Morgan fingerprint density at radius 1 is 1.28 bits per heavy atom. The standard InChI is InChI=1S/C18H32N6O/c1-2-17-23-21-14-24(17)11-10-19-18(22-15-7-3-4-8-15)20-13-16-9-5-6-12-25-16/h14-16H,2-13H2,1H3,(H2,19,20,22). The smallest absolute Gasteiger partial charge is 0.191 e. The van der Waals surface area contributed by atoms with Crippen molar-refractivity contribution in [2.24, 2.45) is 4.99 Å². The fraction of sp³-hybridized carbons (Fsp3) is 0.833. The van der Waals surface area contributed by atoms with Gasteiger partial charge in [0.2, 0.25) is 0 Å². The van der Waals surface area contributed by atoms with E-state index in [1.54, 1.807) is 6.33 Å². The molecule has 2 aliphatic rings. The van der Waals surface area contributed by atoms with Crippen LogP contribution in [0.3, 0.4) is 0 Å². The minimum atomic E-state index is 0.278. The molecule has 2 fully saturated rings. The zero-order valence-corrected chi connectivity index (χ0v) is 15.4. The van der Waals surface area contributed by atoms with Crippen LogP contribution in [0, 0.1) is 0 Å². The van der Waals surface area contributed by atoms with E-state index in [0.29, 0.717) is 6.04 Å². The van der Waals surface area contributed by atoms with Gasteiger partial charge in [0.05, 0.1) is 12.6 Å². The topological polar surface area (TPSA) is 76.4 Å². The molecule has 7 heteroatoms. The third kappa shape index (κ3) is 5.70.